The van der Waals surface area contributed by atoms with Crippen LogP contribution < -0.4 is 10.6 Å². The van der Waals surface area contributed by atoms with Crippen LogP contribution in [0.1, 0.15) is 42.8 Å². The summed E-state index contributed by atoms with van der Waals surface area (Å²) >= 11 is 0. The molecule has 0 aliphatic carbocycles. The quantitative estimate of drug-likeness (QED) is 0.708. The molecule has 0 radical (unpaired) electrons. The van der Waals surface area contributed by atoms with Crippen LogP contribution >= 0.6 is 0 Å². The molecule has 1 aromatic carbocycles. The third-order valence-corrected chi connectivity index (χ3v) is 5.23. The molecule has 0 fully saturated rings. The number of aromatic nitrogens is 2. The first-order valence-electron chi connectivity index (χ1n) is 9.95. The number of aliphatic imine (C=N–C) groups is 1. The Morgan fingerprint density at radius 3 is 2.79 bits per heavy atom. The molecule has 0 bridgehead atoms. The average molecular weight is 392 g/mol. The number of anilines is 1. The molecule has 1 aliphatic heterocycles. The Labute approximate surface area is 172 Å². The van der Waals surface area contributed by atoms with Crippen LogP contribution in [0, 0.1) is 0 Å². The fourth-order valence-corrected chi connectivity index (χ4v) is 3.96. The summed E-state index contributed by atoms with van der Waals surface area (Å²) in [6.07, 6.45) is 9.47. The van der Waals surface area contributed by atoms with Crippen molar-refractivity contribution in [3.63, 3.8) is 0 Å². The van der Waals surface area contributed by atoms with E-state index in [1.165, 1.54) is 16.8 Å². The second-order valence-corrected chi connectivity index (χ2v) is 7.31. The molecule has 3 rings (SSSR count). The first kappa shape index (κ1) is 20.7. The maximum absolute atomic E-state index is 9.04. The molecule has 6 heteroatoms. The summed E-state index contributed by atoms with van der Waals surface area (Å²) < 4.78 is 0. The number of nitrogens with two attached hydrogens (primary N) is 1. The molecule has 152 valence electrons. The number of aliphatic hydroxyl groups excluding tert-OH is 1. The third-order valence-electron chi connectivity index (χ3n) is 5.23. The molecule has 2 heterocycles. The highest BCUT2D eigenvalue weighted by molar-refractivity contribution is 6.10. The number of allylic oxidation sites excluding steroid dienone is 2. The van der Waals surface area contributed by atoms with Gasteiger partial charge in [0.1, 0.15) is 5.82 Å². The van der Waals surface area contributed by atoms with Crippen molar-refractivity contribution in [1.29, 1.82) is 0 Å². The van der Waals surface area contributed by atoms with Gasteiger partial charge in [0.2, 0.25) is 0 Å². The van der Waals surface area contributed by atoms with Gasteiger partial charge in [-0.05, 0) is 55.5 Å². The Bertz CT molecular complexity index is 920. The highest BCUT2D eigenvalue weighted by atomic mass is 16.3. The van der Waals surface area contributed by atoms with Crippen molar-refractivity contribution >= 4 is 17.5 Å². The van der Waals surface area contributed by atoms with Crippen molar-refractivity contribution < 1.29 is 5.11 Å². The molecular weight excluding hydrogens is 362 g/mol. The normalized spacial score (nSPS) is 16.9. The molecule has 0 saturated heterocycles. The van der Waals surface area contributed by atoms with Gasteiger partial charge >= 0.3 is 0 Å². The Hall–Kier alpha value is -2.99. The predicted octanol–water partition coefficient (Wildman–Crippen LogP) is 3.10. The van der Waals surface area contributed by atoms with E-state index in [1.807, 2.05) is 13.0 Å². The lowest BCUT2D eigenvalue weighted by atomic mass is 9.86. The lowest BCUT2D eigenvalue weighted by Gasteiger charge is -2.38. The molecular formula is C23H29N5O. The maximum atomic E-state index is 9.04. The van der Waals surface area contributed by atoms with E-state index in [4.69, 9.17) is 10.8 Å². The number of rotatable bonds is 7. The topological polar surface area (TPSA) is 87.6 Å². The van der Waals surface area contributed by atoms with Crippen LogP contribution in [-0.2, 0) is 12.8 Å². The third kappa shape index (κ3) is 4.54. The van der Waals surface area contributed by atoms with Crippen molar-refractivity contribution in [2.24, 2.45) is 10.7 Å². The first-order chi connectivity index (χ1) is 14.1. The SMILES string of the molecule is C=C(C)N1c2ccc(C(C=NCCO)=CN)c(Cc3ncccn3)c2CCC1C. The van der Waals surface area contributed by atoms with Gasteiger partial charge in [0, 0.05) is 54.2 Å². The van der Waals surface area contributed by atoms with Crippen LogP contribution in [0.2, 0.25) is 0 Å². The van der Waals surface area contributed by atoms with Gasteiger partial charge in [-0.3, -0.25) is 4.99 Å². The summed E-state index contributed by atoms with van der Waals surface area (Å²) in [4.78, 5) is 15.5. The number of aliphatic hydroxyl groups is 1. The molecule has 0 amide bonds. The summed E-state index contributed by atoms with van der Waals surface area (Å²) in [5, 5.41) is 9.04. The van der Waals surface area contributed by atoms with Crippen molar-refractivity contribution in [2.45, 2.75) is 39.2 Å². The average Bonchev–Trinajstić information content (AvgIpc) is 2.72. The van der Waals surface area contributed by atoms with Gasteiger partial charge in [0.15, 0.2) is 0 Å². The van der Waals surface area contributed by atoms with E-state index in [0.29, 0.717) is 19.0 Å². The molecule has 1 atom stereocenters. The smallest absolute Gasteiger partial charge is 0.132 e. The van der Waals surface area contributed by atoms with Gasteiger partial charge in [-0.15, -0.1) is 0 Å². The standard InChI is InChI=1S/C23H29N5O/c1-16(2)28-17(3)5-6-20-21(13-23-26-9-4-10-27-23)19(7-8-22(20)28)18(14-24)15-25-11-12-29/h4,7-10,14-15,17,29H,1,5-6,11-13,24H2,2-3H3. The number of hydrogen-bond donors (Lipinski definition) is 2. The first-order valence-corrected chi connectivity index (χ1v) is 9.95. The zero-order valence-electron chi connectivity index (χ0n) is 17.2. The fourth-order valence-electron chi connectivity index (χ4n) is 3.96. The van der Waals surface area contributed by atoms with Crippen molar-refractivity contribution in [2.75, 3.05) is 18.1 Å². The van der Waals surface area contributed by atoms with Crippen molar-refractivity contribution in [3.05, 3.63) is 71.6 Å². The van der Waals surface area contributed by atoms with E-state index in [9.17, 15) is 0 Å². The summed E-state index contributed by atoms with van der Waals surface area (Å²) in [6.45, 7) is 8.83. The Balaban J connectivity index is 2.15. The number of fused-ring (bicyclic) bond motifs is 1. The minimum Gasteiger partial charge on any atom is -0.404 e. The van der Waals surface area contributed by atoms with Gasteiger partial charge in [-0.1, -0.05) is 12.6 Å². The minimum absolute atomic E-state index is 0.00864. The molecule has 1 aliphatic rings. The van der Waals surface area contributed by atoms with E-state index >= 15 is 0 Å². The molecule has 6 nitrogen and oxygen atoms in total. The van der Waals surface area contributed by atoms with Crippen LogP contribution in [-0.4, -0.2) is 40.5 Å². The Morgan fingerprint density at radius 2 is 2.14 bits per heavy atom. The molecule has 0 spiro atoms. The summed E-state index contributed by atoms with van der Waals surface area (Å²) in [5.74, 6) is 0.770. The van der Waals surface area contributed by atoms with E-state index in [2.05, 4.69) is 45.5 Å². The summed E-state index contributed by atoms with van der Waals surface area (Å²) in [6, 6.07) is 6.47. The van der Waals surface area contributed by atoms with Crippen LogP contribution in [0.3, 0.4) is 0 Å². The second kappa shape index (κ2) is 9.47. The number of hydrogen-bond acceptors (Lipinski definition) is 6. The Morgan fingerprint density at radius 1 is 1.38 bits per heavy atom. The highest BCUT2D eigenvalue weighted by Crippen LogP contribution is 2.38. The van der Waals surface area contributed by atoms with Crippen LogP contribution in [0.5, 0.6) is 0 Å². The van der Waals surface area contributed by atoms with E-state index < -0.39 is 0 Å². The van der Waals surface area contributed by atoms with E-state index in [0.717, 1.165) is 35.5 Å². The zero-order chi connectivity index (χ0) is 20.8. The van der Waals surface area contributed by atoms with E-state index in [1.54, 1.807) is 24.8 Å². The lowest BCUT2D eigenvalue weighted by molar-refractivity contribution is 0.307. The van der Waals surface area contributed by atoms with Gasteiger partial charge < -0.3 is 15.7 Å². The van der Waals surface area contributed by atoms with Crippen LogP contribution in [0.15, 0.2) is 54.1 Å². The lowest BCUT2D eigenvalue weighted by Crippen LogP contribution is -2.36. The predicted molar refractivity (Wildman–Crippen MR) is 119 cm³/mol. The summed E-state index contributed by atoms with van der Waals surface area (Å²) in [5.41, 5.74) is 12.5. The largest absolute Gasteiger partial charge is 0.404 e. The molecule has 0 saturated carbocycles. The van der Waals surface area contributed by atoms with Gasteiger partial charge in [0.25, 0.3) is 0 Å². The second-order valence-electron chi connectivity index (χ2n) is 7.31. The molecule has 3 N–H and O–H groups in total. The van der Waals surface area contributed by atoms with Gasteiger partial charge in [0.05, 0.1) is 13.2 Å². The molecule has 2 aromatic rings. The maximum Gasteiger partial charge on any atom is 0.132 e. The number of nitrogens with zero attached hydrogens (tertiary/aromatic N) is 4. The van der Waals surface area contributed by atoms with Gasteiger partial charge in [-0.2, -0.15) is 0 Å². The van der Waals surface area contributed by atoms with Crippen LogP contribution in [0.25, 0.3) is 5.57 Å². The molecule has 1 aromatic heterocycles. The Kier molecular flexibility index (Phi) is 6.77. The zero-order valence-corrected chi connectivity index (χ0v) is 17.2. The monoisotopic (exact) mass is 391 g/mol. The fraction of sp³-hybridized carbons (Fsp3) is 0.348. The van der Waals surface area contributed by atoms with Crippen molar-refractivity contribution in [1.82, 2.24) is 9.97 Å². The molecule has 1 unspecified atom stereocenters. The highest BCUT2D eigenvalue weighted by Gasteiger charge is 2.27. The van der Waals surface area contributed by atoms with E-state index in [-0.39, 0.29) is 6.61 Å². The minimum atomic E-state index is 0.00864. The van der Waals surface area contributed by atoms with Crippen molar-refractivity contribution in [3.8, 4) is 0 Å². The molecule has 29 heavy (non-hydrogen) atoms. The van der Waals surface area contributed by atoms with Gasteiger partial charge in [-0.25, -0.2) is 9.97 Å². The van der Waals surface area contributed by atoms with Crippen LogP contribution in [0.4, 0.5) is 5.69 Å². The summed E-state index contributed by atoms with van der Waals surface area (Å²) in [7, 11) is 0. The number of benzene rings is 1.